The fourth-order valence-corrected chi connectivity index (χ4v) is 2.42. The number of carbonyl (C=O) groups is 1. The van der Waals surface area contributed by atoms with Crippen molar-refractivity contribution in [2.45, 2.75) is 6.42 Å². The van der Waals surface area contributed by atoms with E-state index in [1.165, 1.54) is 0 Å². The van der Waals surface area contributed by atoms with Crippen LogP contribution in [0.15, 0.2) is 48.5 Å². The largest absolute Gasteiger partial charge is 0.338 e. The van der Waals surface area contributed by atoms with Crippen LogP contribution in [0.4, 0.5) is 5.69 Å². The second kappa shape index (κ2) is 6.62. The summed E-state index contributed by atoms with van der Waals surface area (Å²) in [5.41, 5.74) is 3.56. The first-order valence-corrected chi connectivity index (χ1v) is 7.62. The lowest BCUT2D eigenvalue weighted by molar-refractivity contribution is -0.116. The number of H-pyrrole nitrogens is 1. The van der Waals surface area contributed by atoms with Gasteiger partial charge in [0.25, 0.3) is 0 Å². The molecular weight excluding hydrogens is 288 g/mol. The Hall–Kier alpha value is -2.66. The van der Waals surface area contributed by atoms with Gasteiger partial charge < -0.3 is 15.2 Å². The van der Waals surface area contributed by atoms with Gasteiger partial charge in [0.2, 0.25) is 5.91 Å². The predicted octanol–water partition coefficient (Wildman–Crippen LogP) is 3.12. The highest BCUT2D eigenvalue weighted by atomic mass is 16.1. The summed E-state index contributed by atoms with van der Waals surface area (Å²) >= 11 is 0. The molecule has 0 unspecified atom stereocenters. The number of carbonyl (C=O) groups excluding carboxylic acids is 1. The molecule has 0 aliphatic rings. The molecule has 0 saturated heterocycles. The quantitative estimate of drug-likeness (QED) is 0.761. The van der Waals surface area contributed by atoms with Crippen molar-refractivity contribution in [3.63, 3.8) is 0 Å². The number of aromatic amines is 1. The van der Waals surface area contributed by atoms with E-state index in [4.69, 9.17) is 0 Å². The summed E-state index contributed by atoms with van der Waals surface area (Å²) in [6, 6.07) is 15.6. The van der Waals surface area contributed by atoms with Crippen molar-refractivity contribution >= 4 is 22.6 Å². The van der Waals surface area contributed by atoms with E-state index in [1.807, 2.05) is 67.5 Å². The van der Waals surface area contributed by atoms with Gasteiger partial charge in [-0.15, -0.1) is 0 Å². The summed E-state index contributed by atoms with van der Waals surface area (Å²) < 4.78 is 0. The number of benzene rings is 2. The predicted molar refractivity (Wildman–Crippen MR) is 93.3 cm³/mol. The number of imidazole rings is 1. The first-order valence-electron chi connectivity index (χ1n) is 7.62. The number of aromatic nitrogens is 2. The molecule has 0 atom stereocenters. The molecule has 5 heteroatoms. The Labute approximate surface area is 135 Å². The summed E-state index contributed by atoms with van der Waals surface area (Å²) in [4.78, 5) is 22.0. The van der Waals surface area contributed by atoms with Gasteiger partial charge >= 0.3 is 0 Å². The third kappa shape index (κ3) is 3.57. The number of nitrogens with zero attached hydrogens (tertiary/aromatic N) is 2. The number of para-hydroxylation sites is 3. The summed E-state index contributed by atoms with van der Waals surface area (Å²) in [6.45, 7) is 0.721. The molecule has 2 aromatic carbocycles. The first kappa shape index (κ1) is 15.2. The third-order valence-electron chi connectivity index (χ3n) is 3.63. The molecule has 1 amide bonds. The molecule has 5 nitrogen and oxygen atoms in total. The van der Waals surface area contributed by atoms with Crippen LogP contribution in [-0.2, 0) is 4.79 Å². The molecule has 0 spiro atoms. The van der Waals surface area contributed by atoms with Gasteiger partial charge in [-0.25, -0.2) is 4.98 Å². The molecule has 1 aromatic heterocycles. The number of anilines is 1. The van der Waals surface area contributed by atoms with E-state index >= 15 is 0 Å². The van der Waals surface area contributed by atoms with Crippen LogP contribution in [0, 0.1) is 0 Å². The van der Waals surface area contributed by atoms with Gasteiger partial charge in [-0.1, -0.05) is 24.3 Å². The van der Waals surface area contributed by atoms with E-state index in [0.29, 0.717) is 6.42 Å². The average molecular weight is 308 g/mol. The fourth-order valence-electron chi connectivity index (χ4n) is 2.42. The van der Waals surface area contributed by atoms with Crippen LogP contribution in [0.5, 0.6) is 0 Å². The normalized spacial score (nSPS) is 11.1. The summed E-state index contributed by atoms with van der Waals surface area (Å²) in [6.07, 6.45) is 0.460. The number of hydrogen-bond donors (Lipinski definition) is 2. The van der Waals surface area contributed by atoms with Crippen molar-refractivity contribution in [2.75, 3.05) is 26.0 Å². The number of amides is 1. The highest BCUT2D eigenvalue weighted by molar-refractivity contribution is 5.95. The Kier molecular flexibility index (Phi) is 4.39. The number of nitrogens with one attached hydrogen (secondary N) is 2. The zero-order chi connectivity index (χ0) is 16.2. The highest BCUT2D eigenvalue weighted by Crippen LogP contribution is 2.27. The molecular formula is C18H20N4O. The van der Waals surface area contributed by atoms with E-state index in [-0.39, 0.29) is 5.91 Å². The second-order valence-corrected chi connectivity index (χ2v) is 5.75. The second-order valence-electron chi connectivity index (χ2n) is 5.75. The monoisotopic (exact) mass is 308 g/mol. The van der Waals surface area contributed by atoms with Crippen molar-refractivity contribution in [3.8, 4) is 11.4 Å². The maximum absolute atomic E-state index is 12.1. The Morgan fingerprint density at radius 1 is 1.13 bits per heavy atom. The summed E-state index contributed by atoms with van der Waals surface area (Å²) in [7, 11) is 3.91. The molecule has 0 aliphatic carbocycles. The molecule has 3 rings (SSSR count). The average Bonchev–Trinajstić information content (AvgIpc) is 2.97. The maximum Gasteiger partial charge on any atom is 0.225 e. The van der Waals surface area contributed by atoms with Gasteiger partial charge in [0.15, 0.2) is 0 Å². The molecule has 0 radical (unpaired) electrons. The third-order valence-corrected chi connectivity index (χ3v) is 3.63. The van der Waals surface area contributed by atoms with Crippen LogP contribution >= 0.6 is 0 Å². The number of rotatable bonds is 5. The SMILES string of the molecule is CN(C)CCC(=O)Nc1ccccc1-c1nc2ccccc2[nH]1. The van der Waals surface area contributed by atoms with E-state index in [1.54, 1.807) is 0 Å². The maximum atomic E-state index is 12.1. The van der Waals surface area contributed by atoms with E-state index in [9.17, 15) is 4.79 Å². The summed E-state index contributed by atoms with van der Waals surface area (Å²) in [5.74, 6) is 0.761. The molecule has 0 aliphatic heterocycles. The van der Waals surface area contributed by atoms with Gasteiger partial charge in [-0.05, 0) is 38.4 Å². The Morgan fingerprint density at radius 3 is 2.65 bits per heavy atom. The molecule has 118 valence electrons. The van der Waals surface area contributed by atoms with Gasteiger partial charge in [0.05, 0.1) is 16.7 Å². The lowest BCUT2D eigenvalue weighted by atomic mass is 10.1. The van der Waals surface area contributed by atoms with Gasteiger partial charge in [-0.2, -0.15) is 0 Å². The Morgan fingerprint density at radius 2 is 1.87 bits per heavy atom. The van der Waals surface area contributed by atoms with E-state index in [2.05, 4.69) is 15.3 Å². The summed E-state index contributed by atoms with van der Waals surface area (Å²) in [5, 5.41) is 2.98. The van der Waals surface area contributed by atoms with E-state index in [0.717, 1.165) is 34.7 Å². The standard InChI is InChI=1S/C18H20N4O/c1-22(2)12-11-17(23)19-14-8-4-3-7-13(14)18-20-15-9-5-6-10-16(15)21-18/h3-10H,11-12H2,1-2H3,(H,19,23)(H,20,21). The van der Waals surface area contributed by atoms with Crippen molar-refractivity contribution in [1.82, 2.24) is 14.9 Å². The smallest absolute Gasteiger partial charge is 0.225 e. The van der Waals surface area contributed by atoms with Crippen LogP contribution in [0.2, 0.25) is 0 Å². The molecule has 1 heterocycles. The zero-order valence-corrected chi connectivity index (χ0v) is 13.3. The van der Waals surface area contributed by atoms with Crippen molar-refractivity contribution in [3.05, 3.63) is 48.5 Å². The zero-order valence-electron chi connectivity index (χ0n) is 13.3. The first-order chi connectivity index (χ1) is 11.1. The molecule has 2 N–H and O–H groups in total. The number of fused-ring (bicyclic) bond motifs is 1. The molecule has 0 bridgehead atoms. The fraction of sp³-hybridized carbons (Fsp3) is 0.222. The van der Waals surface area contributed by atoms with Crippen LogP contribution in [0.1, 0.15) is 6.42 Å². The van der Waals surface area contributed by atoms with Crippen LogP contribution < -0.4 is 5.32 Å². The van der Waals surface area contributed by atoms with Crippen LogP contribution in [-0.4, -0.2) is 41.4 Å². The number of hydrogen-bond acceptors (Lipinski definition) is 3. The van der Waals surface area contributed by atoms with E-state index < -0.39 is 0 Å². The molecule has 0 fully saturated rings. The van der Waals surface area contributed by atoms with Crippen LogP contribution in [0.25, 0.3) is 22.4 Å². The topological polar surface area (TPSA) is 61.0 Å². The van der Waals surface area contributed by atoms with Gasteiger partial charge in [0, 0.05) is 18.5 Å². The lowest BCUT2D eigenvalue weighted by Crippen LogP contribution is -2.21. The Balaban J connectivity index is 1.87. The minimum absolute atomic E-state index is 0.00209. The van der Waals surface area contributed by atoms with Gasteiger partial charge in [0.1, 0.15) is 5.82 Å². The van der Waals surface area contributed by atoms with Crippen molar-refractivity contribution in [2.24, 2.45) is 0 Å². The molecule has 0 saturated carbocycles. The highest BCUT2D eigenvalue weighted by Gasteiger charge is 2.11. The van der Waals surface area contributed by atoms with Crippen molar-refractivity contribution < 1.29 is 4.79 Å². The van der Waals surface area contributed by atoms with Crippen LogP contribution in [0.3, 0.4) is 0 Å². The lowest BCUT2D eigenvalue weighted by Gasteiger charge is -2.11. The minimum Gasteiger partial charge on any atom is -0.338 e. The minimum atomic E-state index is 0.00209. The molecule has 23 heavy (non-hydrogen) atoms. The van der Waals surface area contributed by atoms with Gasteiger partial charge in [-0.3, -0.25) is 4.79 Å². The van der Waals surface area contributed by atoms with Crippen molar-refractivity contribution in [1.29, 1.82) is 0 Å². The Bertz CT molecular complexity index is 790. The molecule has 3 aromatic rings.